The summed E-state index contributed by atoms with van der Waals surface area (Å²) in [6.45, 7) is 5.39. The minimum Gasteiger partial charge on any atom is -0.443 e. The maximum atomic E-state index is 12.3. The van der Waals surface area contributed by atoms with Gasteiger partial charge in [-0.15, -0.1) is 0 Å². The highest BCUT2D eigenvalue weighted by molar-refractivity contribution is 5.75. The molecule has 3 rings (SSSR count). The highest BCUT2D eigenvalue weighted by Crippen LogP contribution is 2.16. The Hall–Kier alpha value is -3.16. The standard InChI is InChI=1S/C19H22N4O4/c1-19(2,3)17(25)27-12-23-15-14(16(24)21-18(23)26)22(11-20-15)10-9-13-7-5-4-6-8-13/h4-8,11H,9-10,12H2,1-3H3,(H,21,24,26). The van der Waals surface area contributed by atoms with Gasteiger partial charge in [0.2, 0.25) is 0 Å². The van der Waals surface area contributed by atoms with Crippen LogP contribution in [0.15, 0.2) is 46.2 Å². The second-order valence-corrected chi connectivity index (χ2v) is 7.34. The number of carbonyl (C=O) groups excluding carboxylic acids is 1. The van der Waals surface area contributed by atoms with E-state index in [0.717, 1.165) is 10.1 Å². The molecule has 0 radical (unpaired) electrons. The summed E-state index contributed by atoms with van der Waals surface area (Å²) in [5.74, 6) is -0.447. The Morgan fingerprint density at radius 2 is 1.89 bits per heavy atom. The lowest BCUT2D eigenvalue weighted by molar-refractivity contribution is -0.156. The van der Waals surface area contributed by atoms with Crippen molar-refractivity contribution in [1.29, 1.82) is 0 Å². The number of ether oxygens (including phenoxy) is 1. The Morgan fingerprint density at radius 1 is 1.19 bits per heavy atom. The maximum absolute atomic E-state index is 12.3. The smallest absolute Gasteiger partial charge is 0.332 e. The summed E-state index contributed by atoms with van der Waals surface area (Å²) >= 11 is 0. The molecule has 0 atom stereocenters. The molecule has 0 amide bonds. The van der Waals surface area contributed by atoms with Crippen molar-refractivity contribution < 1.29 is 9.53 Å². The number of nitrogens with zero attached hydrogens (tertiary/aromatic N) is 3. The number of fused-ring (bicyclic) bond motifs is 1. The molecule has 2 aromatic heterocycles. The van der Waals surface area contributed by atoms with Crippen LogP contribution in [0.25, 0.3) is 11.2 Å². The summed E-state index contributed by atoms with van der Waals surface area (Å²) in [6.07, 6.45) is 2.23. The zero-order valence-electron chi connectivity index (χ0n) is 15.6. The number of rotatable bonds is 5. The first-order chi connectivity index (χ1) is 12.8. The van der Waals surface area contributed by atoms with Crippen LogP contribution < -0.4 is 11.2 Å². The minimum atomic E-state index is -0.694. The molecule has 2 heterocycles. The molecular formula is C19H22N4O4. The van der Waals surface area contributed by atoms with Crippen LogP contribution >= 0.6 is 0 Å². The van der Waals surface area contributed by atoms with Crippen molar-refractivity contribution in [3.63, 3.8) is 0 Å². The van der Waals surface area contributed by atoms with Gasteiger partial charge in [0.1, 0.15) is 0 Å². The van der Waals surface area contributed by atoms with Gasteiger partial charge in [0.05, 0.1) is 11.7 Å². The number of imidazole rings is 1. The predicted octanol–water partition coefficient (Wildman–Crippen LogP) is 1.68. The molecule has 142 valence electrons. The predicted molar refractivity (Wildman–Crippen MR) is 100 cm³/mol. The van der Waals surface area contributed by atoms with Crippen LogP contribution in [0, 0.1) is 5.41 Å². The first-order valence-electron chi connectivity index (χ1n) is 8.66. The second-order valence-electron chi connectivity index (χ2n) is 7.34. The number of carbonyl (C=O) groups is 1. The lowest BCUT2D eigenvalue weighted by atomic mass is 9.98. The Balaban J connectivity index is 1.90. The zero-order chi connectivity index (χ0) is 19.6. The SMILES string of the molecule is CC(C)(C)C(=O)OCn1c(=O)[nH]c(=O)c2c1ncn2CCc1ccccc1. The lowest BCUT2D eigenvalue weighted by Gasteiger charge is -2.17. The van der Waals surface area contributed by atoms with Gasteiger partial charge in [-0.25, -0.2) is 14.3 Å². The highest BCUT2D eigenvalue weighted by Gasteiger charge is 2.24. The molecule has 8 nitrogen and oxygen atoms in total. The Bertz CT molecular complexity index is 1070. The van der Waals surface area contributed by atoms with Crippen molar-refractivity contribution in [2.75, 3.05) is 0 Å². The fourth-order valence-electron chi connectivity index (χ4n) is 2.64. The van der Waals surface area contributed by atoms with Gasteiger partial charge in [0.25, 0.3) is 5.56 Å². The molecular weight excluding hydrogens is 348 g/mol. The van der Waals surface area contributed by atoms with E-state index >= 15 is 0 Å². The zero-order valence-corrected chi connectivity index (χ0v) is 15.6. The van der Waals surface area contributed by atoms with E-state index in [-0.39, 0.29) is 17.9 Å². The molecule has 0 bridgehead atoms. The van der Waals surface area contributed by atoms with Crippen LogP contribution in [0.2, 0.25) is 0 Å². The topological polar surface area (TPSA) is 99.0 Å². The summed E-state index contributed by atoms with van der Waals surface area (Å²) in [4.78, 5) is 42.9. The van der Waals surface area contributed by atoms with Crippen molar-refractivity contribution in [1.82, 2.24) is 19.1 Å². The molecule has 0 unspecified atom stereocenters. The molecule has 0 saturated heterocycles. The number of nitrogens with one attached hydrogen (secondary N) is 1. The number of esters is 1. The first-order valence-corrected chi connectivity index (χ1v) is 8.66. The van der Waals surface area contributed by atoms with Gasteiger partial charge in [-0.1, -0.05) is 30.3 Å². The van der Waals surface area contributed by atoms with Crippen LogP contribution in [0.4, 0.5) is 0 Å². The van der Waals surface area contributed by atoms with Gasteiger partial charge < -0.3 is 9.30 Å². The number of aromatic amines is 1. The number of H-pyrrole nitrogens is 1. The van der Waals surface area contributed by atoms with Crippen LogP contribution in [0.5, 0.6) is 0 Å². The fourth-order valence-corrected chi connectivity index (χ4v) is 2.64. The van der Waals surface area contributed by atoms with Gasteiger partial charge in [-0.2, -0.15) is 0 Å². The summed E-state index contributed by atoms with van der Waals surface area (Å²) in [5, 5.41) is 0. The number of benzene rings is 1. The molecule has 0 saturated carbocycles. The summed E-state index contributed by atoms with van der Waals surface area (Å²) < 4.78 is 8.06. The fraction of sp³-hybridized carbons (Fsp3) is 0.368. The molecule has 8 heteroatoms. The van der Waals surface area contributed by atoms with Gasteiger partial charge in [0, 0.05) is 6.54 Å². The molecule has 3 aromatic rings. The number of hydrogen-bond donors (Lipinski definition) is 1. The van der Waals surface area contributed by atoms with Gasteiger partial charge in [-0.05, 0) is 32.8 Å². The second kappa shape index (κ2) is 7.22. The largest absolute Gasteiger partial charge is 0.443 e. The van der Waals surface area contributed by atoms with Crippen molar-refractivity contribution in [3.05, 3.63) is 63.1 Å². The Morgan fingerprint density at radius 3 is 2.56 bits per heavy atom. The average Bonchev–Trinajstić information content (AvgIpc) is 3.04. The van der Waals surface area contributed by atoms with Gasteiger partial charge >= 0.3 is 11.7 Å². The Labute approximate surface area is 155 Å². The molecule has 1 N–H and O–H groups in total. The highest BCUT2D eigenvalue weighted by atomic mass is 16.5. The minimum absolute atomic E-state index is 0.193. The third-order valence-corrected chi connectivity index (χ3v) is 4.18. The molecule has 0 fully saturated rings. The number of aromatic nitrogens is 4. The summed E-state index contributed by atoms with van der Waals surface area (Å²) in [5.41, 5.74) is -0.277. The number of hydrogen-bond acceptors (Lipinski definition) is 5. The van der Waals surface area contributed by atoms with Crippen LogP contribution in [0.3, 0.4) is 0 Å². The van der Waals surface area contributed by atoms with Crippen molar-refractivity contribution in [2.24, 2.45) is 5.41 Å². The van der Waals surface area contributed by atoms with E-state index in [2.05, 4.69) is 9.97 Å². The van der Waals surface area contributed by atoms with Gasteiger partial charge in [0.15, 0.2) is 17.9 Å². The van der Waals surface area contributed by atoms with E-state index in [1.165, 1.54) is 6.33 Å². The average molecular weight is 370 g/mol. The summed E-state index contributed by atoms with van der Waals surface area (Å²) in [6, 6.07) is 9.86. The molecule has 27 heavy (non-hydrogen) atoms. The molecule has 0 aliphatic carbocycles. The van der Waals surface area contributed by atoms with E-state index in [0.29, 0.717) is 13.0 Å². The van der Waals surface area contributed by atoms with Crippen LogP contribution in [-0.2, 0) is 29.2 Å². The third kappa shape index (κ3) is 3.99. The monoisotopic (exact) mass is 370 g/mol. The van der Waals surface area contributed by atoms with E-state index in [4.69, 9.17) is 4.74 Å². The van der Waals surface area contributed by atoms with Crippen LogP contribution in [-0.4, -0.2) is 25.1 Å². The maximum Gasteiger partial charge on any atom is 0.332 e. The van der Waals surface area contributed by atoms with E-state index in [1.54, 1.807) is 25.3 Å². The van der Waals surface area contributed by atoms with E-state index < -0.39 is 22.6 Å². The quantitative estimate of drug-likeness (QED) is 0.689. The lowest BCUT2D eigenvalue weighted by Crippen LogP contribution is -2.33. The molecule has 1 aromatic carbocycles. The Kier molecular flexibility index (Phi) is 4.98. The van der Waals surface area contributed by atoms with Crippen LogP contribution in [0.1, 0.15) is 26.3 Å². The van der Waals surface area contributed by atoms with Gasteiger partial charge in [-0.3, -0.25) is 14.6 Å². The van der Waals surface area contributed by atoms with E-state index in [1.807, 2.05) is 30.3 Å². The molecule has 0 spiro atoms. The number of aryl methyl sites for hydroxylation is 2. The molecule has 0 aliphatic rings. The van der Waals surface area contributed by atoms with Crippen molar-refractivity contribution in [3.8, 4) is 0 Å². The molecule has 0 aliphatic heterocycles. The van der Waals surface area contributed by atoms with Crippen molar-refractivity contribution in [2.45, 2.75) is 40.5 Å². The summed E-state index contributed by atoms with van der Waals surface area (Å²) in [7, 11) is 0. The third-order valence-electron chi connectivity index (χ3n) is 4.18. The van der Waals surface area contributed by atoms with E-state index in [9.17, 15) is 14.4 Å². The normalized spacial score (nSPS) is 11.7. The first kappa shape index (κ1) is 18.6. The van der Waals surface area contributed by atoms with Crippen molar-refractivity contribution >= 4 is 17.1 Å².